The van der Waals surface area contributed by atoms with E-state index < -0.39 is 10.0 Å². The third-order valence-electron chi connectivity index (χ3n) is 6.35. The van der Waals surface area contributed by atoms with Crippen molar-refractivity contribution in [3.8, 4) is 0 Å². The number of rotatable bonds is 7. The van der Waals surface area contributed by atoms with Gasteiger partial charge in [0.05, 0.1) is 5.75 Å². The summed E-state index contributed by atoms with van der Waals surface area (Å²) in [6, 6.07) is 5.26. The molecule has 172 valence electrons. The summed E-state index contributed by atoms with van der Waals surface area (Å²) in [6.07, 6.45) is 6.53. The first-order chi connectivity index (χ1) is 14.9. The van der Waals surface area contributed by atoms with Gasteiger partial charge in [-0.05, 0) is 56.6 Å². The van der Waals surface area contributed by atoms with Gasteiger partial charge in [-0.2, -0.15) is 9.40 Å². The minimum absolute atomic E-state index is 0.0173. The van der Waals surface area contributed by atoms with Gasteiger partial charge >= 0.3 is 0 Å². The molecule has 7 nitrogen and oxygen atoms in total. The number of nitrogens with one attached hydrogen (secondary N) is 1. The van der Waals surface area contributed by atoms with E-state index in [1.165, 1.54) is 23.4 Å². The number of sulfonamides is 1. The lowest BCUT2D eigenvalue weighted by Gasteiger charge is -2.34. The topological polar surface area (TPSA) is 82.2 Å². The van der Waals surface area contributed by atoms with Crippen molar-refractivity contribution in [2.24, 2.45) is 11.8 Å². The molecular formula is C22H34FN5O2S. The maximum Gasteiger partial charge on any atom is 0.214 e. The summed E-state index contributed by atoms with van der Waals surface area (Å²) >= 11 is 0. The molecule has 0 radical (unpaired) electrons. The molecule has 2 aromatic rings. The van der Waals surface area contributed by atoms with Gasteiger partial charge in [-0.1, -0.05) is 19.9 Å². The van der Waals surface area contributed by atoms with Crippen molar-refractivity contribution in [1.82, 2.24) is 19.5 Å². The first-order valence-electron chi connectivity index (χ1n) is 11.2. The Labute approximate surface area is 185 Å². The summed E-state index contributed by atoms with van der Waals surface area (Å²) in [7, 11) is -3.29. The van der Waals surface area contributed by atoms with Crippen molar-refractivity contribution in [2.75, 3.05) is 23.7 Å². The van der Waals surface area contributed by atoms with Crippen LogP contribution in [0.1, 0.15) is 52.0 Å². The lowest BCUT2D eigenvalue weighted by Crippen LogP contribution is -2.44. The predicted octanol–water partition coefficient (Wildman–Crippen LogP) is 3.82. The average Bonchev–Trinajstić information content (AvgIpc) is 3.18. The van der Waals surface area contributed by atoms with Crippen molar-refractivity contribution in [1.29, 1.82) is 0 Å². The Bertz CT molecular complexity index is 905. The number of benzene rings is 1. The van der Waals surface area contributed by atoms with E-state index in [1.54, 1.807) is 12.1 Å². The maximum absolute atomic E-state index is 14.8. The monoisotopic (exact) mass is 451 g/mol. The van der Waals surface area contributed by atoms with E-state index in [9.17, 15) is 12.8 Å². The quantitative estimate of drug-likeness (QED) is 0.692. The zero-order chi connectivity index (χ0) is 22.4. The highest BCUT2D eigenvalue weighted by atomic mass is 32.2. The van der Waals surface area contributed by atoms with Gasteiger partial charge < -0.3 is 4.90 Å². The van der Waals surface area contributed by atoms with E-state index in [2.05, 4.69) is 33.9 Å². The van der Waals surface area contributed by atoms with Gasteiger partial charge in [0.1, 0.15) is 18.5 Å². The van der Waals surface area contributed by atoms with Crippen LogP contribution in [0.5, 0.6) is 0 Å². The van der Waals surface area contributed by atoms with Crippen molar-refractivity contribution < 1.29 is 12.8 Å². The zero-order valence-electron chi connectivity index (χ0n) is 18.7. The van der Waals surface area contributed by atoms with Gasteiger partial charge in [0.25, 0.3) is 0 Å². The fourth-order valence-corrected chi connectivity index (χ4v) is 5.98. The number of hydrogen-bond donors (Lipinski definition) is 1. The summed E-state index contributed by atoms with van der Waals surface area (Å²) < 4.78 is 41.2. The van der Waals surface area contributed by atoms with Crippen LogP contribution in [0.3, 0.4) is 0 Å². The van der Waals surface area contributed by atoms with E-state index in [4.69, 9.17) is 0 Å². The molecule has 1 aromatic carbocycles. The lowest BCUT2D eigenvalue weighted by molar-refractivity contribution is 0.269. The fourth-order valence-electron chi connectivity index (χ4n) is 4.17. The number of halogens is 1. The number of hydrogen-bond acceptors (Lipinski definition) is 5. The minimum Gasteiger partial charge on any atom is -0.371 e. The predicted molar refractivity (Wildman–Crippen MR) is 121 cm³/mol. The number of aromatic nitrogens is 3. The molecule has 0 bridgehead atoms. The number of aromatic amines is 1. The second kappa shape index (κ2) is 10.5. The van der Waals surface area contributed by atoms with Gasteiger partial charge in [-0.3, -0.25) is 5.10 Å². The lowest BCUT2D eigenvalue weighted by atomic mass is 10.1. The SMILES string of the molecule is CC[C@H]1CCCS(=O)(=O)N1Cc1ccc(N(CC)C[C@@H]2C[C@H]2C)cc1F.c1nc[nH]n1. The van der Waals surface area contributed by atoms with E-state index in [0.29, 0.717) is 17.9 Å². The van der Waals surface area contributed by atoms with E-state index in [0.717, 1.165) is 37.5 Å². The molecule has 9 heteroatoms. The van der Waals surface area contributed by atoms with Crippen molar-refractivity contribution in [2.45, 2.75) is 59.0 Å². The van der Waals surface area contributed by atoms with Crippen LogP contribution < -0.4 is 4.90 Å². The molecule has 31 heavy (non-hydrogen) atoms. The molecular weight excluding hydrogens is 417 g/mol. The number of nitrogens with zero attached hydrogens (tertiary/aromatic N) is 4. The molecule has 0 amide bonds. The highest BCUT2D eigenvalue weighted by Gasteiger charge is 2.35. The Balaban J connectivity index is 0.000000478. The molecule has 1 aliphatic heterocycles. The molecule has 1 aromatic heterocycles. The Morgan fingerprint density at radius 2 is 2.10 bits per heavy atom. The molecule has 0 unspecified atom stereocenters. The normalized spacial score (nSPS) is 24.8. The summed E-state index contributed by atoms with van der Waals surface area (Å²) in [6.45, 7) is 8.29. The summed E-state index contributed by atoms with van der Waals surface area (Å²) in [5, 5.41) is 5.99. The fraction of sp³-hybridized carbons (Fsp3) is 0.636. The molecule has 3 atom stereocenters. The summed E-state index contributed by atoms with van der Waals surface area (Å²) in [5.41, 5.74) is 1.36. The third-order valence-corrected chi connectivity index (χ3v) is 8.29. The van der Waals surface area contributed by atoms with Gasteiger partial charge in [0.2, 0.25) is 10.0 Å². The highest BCUT2D eigenvalue weighted by molar-refractivity contribution is 7.89. The van der Waals surface area contributed by atoms with E-state index >= 15 is 0 Å². The molecule has 1 N–H and O–H groups in total. The van der Waals surface area contributed by atoms with Crippen LogP contribution in [-0.2, 0) is 16.6 Å². The van der Waals surface area contributed by atoms with Crippen molar-refractivity contribution in [3.63, 3.8) is 0 Å². The molecule has 1 saturated heterocycles. The minimum atomic E-state index is -3.29. The van der Waals surface area contributed by atoms with E-state index in [1.807, 2.05) is 13.0 Å². The van der Waals surface area contributed by atoms with Gasteiger partial charge in [0, 0.05) is 36.9 Å². The van der Waals surface area contributed by atoms with Crippen LogP contribution in [0.4, 0.5) is 10.1 Å². The van der Waals surface area contributed by atoms with Crippen LogP contribution in [-0.4, -0.2) is 52.8 Å². The summed E-state index contributed by atoms with van der Waals surface area (Å²) in [5.74, 6) is 1.34. The zero-order valence-corrected chi connectivity index (χ0v) is 19.5. The highest BCUT2D eigenvalue weighted by Crippen LogP contribution is 2.39. The van der Waals surface area contributed by atoms with Crippen molar-refractivity contribution >= 4 is 15.7 Å². The van der Waals surface area contributed by atoms with Crippen LogP contribution >= 0.6 is 0 Å². The Morgan fingerprint density at radius 1 is 1.32 bits per heavy atom. The molecule has 2 aliphatic rings. The van der Waals surface area contributed by atoms with Crippen LogP contribution in [0.2, 0.25) is 0 Å². The molecule has 4 rings (SSSR count). The van der Waals surface area contributed by atoms with Gasteiger partial charge in [-0.15, -0.1) is 0 Å². The first kappa shape index (κ1) is 23.7. The van der Waals surface area contributed by atoms with Gasteiger partial charge in [0.15, 0.2) is 0 Å². The molecule has 1 saturated carbocycles. The second-order valence-electron chi connectivity index (χ2n) is 8.50. The standard InChI is InChI=1S/C20H31FN2O2S.C2H3N3/c1-4-18-7-6-10-26(24,25)23(18)14-16-8-9-19(12-20(16)21)22(5-2)13-17-11-15(17)3;1-3-2-5-4-1/h8-9,12,15,17-18H,4-7,10-11,13-14H2,1-3H3;1-2H,(H,3,4,5)/t15-,17+,18+;/m1./s1. The number of anilines is 1. The third kappa shape index (κ3) is 6.26. The van der Waals surface area contributed by atoms with Gasteiger partial charge in [-0.25, -0.2) is 17.8 Å². The molecule has 2 heterocycles. The first-order valence-corrected chi connectivity index (χ1v) is 12.8. The smallest absolute Gasteiger partial charge is 0.214 e. The van der Waals surface area contributed by atoms with E-state index in [-0.39, 0.29) is 24.2 Å². The largest absolute Gasteiger partial charge is 0.371 e. The second-order valence-corrected chi connectivity index (χ2v) is 10.5. The summed E-state index contributed by atoms with van der Waals surface area (Å²) in [4.78, 5) is 5.77. The maximum atomic E-state index is 14.8. The molecule has 0 spiro atoms. The van der Waals surface area contributed by atoms with Crippen molar-refractivity contribution in [3.05, 3.63) is 42.2 Å². The average molecular weight is 452 g/mol. The molecule has 1 aliphatic carbocycles. The van der Waals surface area contributed by atoms with Crippen LogP contribution in [0.15, 0.2) is 30.9 Å². The Morgan fingerprint density at radius 3 is 2.61 bits per heavy atom. The Kier molecular flexibility index (Phi) is 8.05. The van der Waals surface area contributed by atoms with Crippen LogP contribution in [0.25, 0.3) is 0 Å². The molecule has 2 fully saturated rings. The Hall–Kier alpha value is -2.00. The van der Waals surface area contributed by atoms with Crippen LogP contribution in [0, 0.1) is 17.7 Å². The number of H-pyrrole nitrogens is 1.